The molecule has 3 N–H and O–H groups in total. The number of benzene rings is 3. The topological polar surface area (TPSA) is 144 Å². The monoisotopic (exact) mass is 635 g/mol. The molecule has 0 saturated heterocycles. The van der Waals surface area contributed by atoms with Gasteiger partial charge in [-0.15, -0.1) is 0 Å². The highest BCUT2D eigenvalue weighted by molar-refractivity contribution is 6.12. The van der Waals surface area contributed by atoms with Crippen molar-refractivity contribution in [2.45, 2.75) is 52.1 Å². The van der Waals surface area contributed by atoms with Gasteiger partial charge in [0.15, 0.2) is 5.58 Å². The van der Waals surface area contributed by atoms with Crippen molar-refractivity contribution in [1.29, 1.82) is 5.26 Å². The Balaban J connectivity index is 1.55. The Morgan fingerprint density at radius 1 is 1.06 bits per heavy atom. The SMILES string of the molecule is CC(C)Cc1nc2c(c(-c3ccc4c(c3)oc(=O)n4[C@H](C)c3ccc(C#N)cc3F)c1C(N)=O)C(=O)N[C@@]2(C)Cc1ccc(F)cc1. The van der Waals surface area contributed by atoms with E-state index in [2.05, 4.69) is 5.32 Å². The first-order valence-corrected chi connectivity index (χ1v) is 15.1. The summed E-state index contributed by atoms with van der Waals surface area (Å²) in [4.78, 5) is 44.9. The smallest absolute Gasteiger partial charge is 0.408 e. The molecule has 0 aliphatic carbocycles. The van der Waals surface area contributed by atoms with Crippen LogP contribution >= 0.6 is 0 Å². The predicted octanol–water partition coefficient (Wildman–Crippen LogP) is 5.91. The number of hydrogen-bond donors (Lipinski definition) is 2. The van der Waals surface area contributed by atoms with Crippen LogP contribution in [0.3, 0.4) is 0 Å². The summed E-state index contributed by atoms with van der Waals surface area (Å²) >= 11 is 0. The molecular formula is C36H31F2N5O4. The maximum atomic E-state index is 14.9. The molecule has 1 aliphatic rings. The number of pyridine rings is 1. The van der Waals surface area contributed by atoms with Crippen molar-refractivity contribution in [1.82, 2.24) is 14.9 Å². The number of nitriles is 1. The molecule has 2 aromatic heterocycles. The molecule has 6 rings (SSSR count). The Labute approximate surface area is 268 Å². The molecule has 0 saturated carbocycles. The fraction of sp³-hybridized carbons (Fsp3) is 0.250. The van der Waals surface area contributed by atoms with E-state index < -0.39 is 35.0 Å². The second-order valence-electron chi connectivity index (χ2n) is 12.5. The lowest BCUT2D eigenvalue weighted by atomic mass is 9.84. The summed E-state index contributed by atoms with van der Waals surface area (Å²) in [6.07, 6.45) is 0.691. The first-order chi connectivity index (χ1) is 22.3. The summed E-state index contributed by atoms with van der Waals surface area (Å²) in [5, 5.41) is 12.1. The van der Waals surface area contributed by atoms with Gasteiger partial charge in [-0.1, -0.05) is 38.1 Å². The summed E-state index contributed by atoms with van der Waals surface area (Å²) in [7, 11) is 0. The molecule has 0 bridgehead atoms. The lowest BCUT2D eigenvalue weighted by molar-refractivity contribution is 0.0935. The van der Waals surface area contributed by atoms with Crippen LogP contribution < -0.4 is 16.8 Å². The minimum absolute atomic E-state index is 0.0820. The summed E-state index contributed by atoms with van der Waals surface area (Å²) in [5.41, 5.74) is 8.36. The van der Waals surface area contributed by atoms with Gasteiger partial charge >= 0.3 is 5.76 Å². The quantitative estimate of drug-likeness (QED) is 0.217. The molecule has 0 unspecified atom stereocenters. The number of carbonyl (C=O) groups excluding carboxylic acids is 2. The maximum absolute atomic E-state index is 14.9. The van der Waals surface area contributed by atoms with Crippen LogP contribution in [0.4, 0.5) is 8.78 Å². The lowest BCUT2D eigenvalue weighted by Crippen LogP contribution is -2.39. The third kappa shape index (κ3) is 5.46. The van der Waals surface area contributed by atoms with Gasteiger partial charge < -0.3 is 15.5 Å². The normalized spacial score (nSPS) is 16.3. The molecule has 47 heavy (non-hydrogen) atoms. The highest BCUT2D eigenvalue weighted by Crippen LogP contribution is 2.42. The fourth-order valence-corrected chi connectivity index (χ4v) is 6.49. The Morgan fingerprint density at radius 3 is 2.43 bits per heavy atom. The standard InChI is InChI=1S/C36H31F2N5O4/c1-18(2)13-26-30(33(40)44)29(31-32(41-26)36(4,42-34(31)45)16-20-5-9-23(37)10-6-20)22-8-12-27-28(15-22)47-35(46)43(27)19(3)24-11-7-21(17-39)14-25(24)38/h5-12,14-15,18-19H,13,16H2,1-4H3,(H2,40,44)(H,42,45)/t19-,36+/m1/s1. The number of fused-ring (bicyclic) bond motifs is 2. The predicted molar refractivity (Wildman–Crippen MR) is 171 cm³/mol. The Hall–Kier alpha value is -5.63. The molecule has 2 atom stereocenters. The number of nitrogens with zero attached hydrogens (tertiary/aromatic N) is 3. The van der Waals surface area contributed by atoms with Gasteiger partial charge in [-0.3, -0.25) is 19.1 Å². The summed E-state index contributed by atoms with van der Waals surface area (Å²) in [5.74, 6) is -2.91. The summed E-state index contributed by atoms with van der Waals surface area (Å²) in [6.45, 7) is 7.41. The molecule has 238 valence electrons. The van der Waals surface area contributed by atoms with E-state index in [1.807, 2.05) is 26.8 Å². The summed E-state index contributed by atoms with van der Waals surface area (Å²) in [6, 6.07) is 15.9. The number of halogens is 2. The van der Waals surface area contributed by atoms with Crippen molar-refractivity contribution < 1.29 is 22.8 Å². The molecule has 0 radical (unpaired) electrons. The first-order valence-electron chi connectivity index (χ1n) is 15.1. The van der Waals surface area contributed by atoms with Crippen molar-refractivity contribution in [2.75, 3.05) is 0 Å². The molecule has 9 nitrogen and oxygen atoms in total. The average molecular weight is 636 g/mol. The number of nitrogens with two attached hydrogens (primary N) is 1. The number of primary amides is 1. The highest BCUT2D eigenvalue weighted by atomic mass is 19.1. The van der Waals surface area contributed by atoms with Crippen LogP contribution in [0.2, 0.25) is 0 Å². The Morgan fingerprint density at radius 2 is 1.79 bits per heavy atom. The van der Waals surface area contributed by atoms with Crippen molar-refractivity contribution in [3.63, 3.8) is 0 Å². The number of oxazole rings is 1. The molecule has 5 aromatic rings. The molecule has 0 fully saturated rings. The van der Waals surface area contributed by atoms with Crippen LogP contribution in [0, 0.1) is 28.9 Å². The molecule has 3 aromatic carbocycles. The van der Waals surface area contributed by atoms with Crippen LogP contribution in [-0.2, 0) is 18.4 Å². The zero-order valence-electron chi connectivity index (χ0n) is 26.2. The summed E-state index contributed by atoms with van der Waals surface area (Å²) < 4.78 is 35.5. The highest BCUT2D eigenvalue weighted by Gasteiger charge is 2.44. The number of aromatic nitrogens is 2. The minimum Gasteiger partial charge on any atom is -0.408 e. The van der Waals surface area contributed by atoms with E-state index in [-0.39, 0.29) is 45.1 Å². The molecule has 2 amide bonds. The fourth-order valence-electron chi connectivity index (χ4n) is 6.49. The van der Waals surface area contributed by atoms with E-state index in [1.54, 1.807) is 37.3 Å². The lowest BCUT2D eigenvalue weighted by Gasteiger charge is -2.26. The van der Waals surface area contributed by atoms with E-state index in [4.69, 9.17) is 20.4 Å². The van der Waals surface area contributed by atoms with Gasteiger partial charge in [0.05, 0.1) is 51.2 Å². The number of rotatable bonds is 8. The van der Waals surface area contributed by atoms with Crippen LogP contribution in [0.25, 0.3) is 22.2 Å². The third-order valence-corrected chi connectivity index (χ3v) is 8.60. The second kappa shape index (κ2) is 11.6. The van der Waals surface area contributed by atoms with Crippen LogP contribution in [0.5, 0.6) is 0 Å². The molecule has 0 spiro atoms. The maximum Gasteiger partial charge on any atom is 0.420 e. The zero-order chi connectivity index (χ0) is 33.8. The average Bonchev–Trinajstić information content (AvgIpc) is 3.47. The third-order valence-electron chi connectivity index (χ3n) is 8.60. The molecule has 11 heteroatoms. The molecule has 1 aliphatic heterocycles. The Bertz CT molecular complexity index is 2200. The number of nitrogens with one attached hydrogen (secondary N) is 1. The van der Waals surface area contributed by atoms with Gasteiger partial charge in [-0.05, 0) is 73.7 Å². The number of hydrogen-bond acceptors (Lipinski definition) is 6. The van der Waals surface area contributed by atoms with Gasteiger partial charge in [0.25, 0.3) is 11.8 Å². The van der Waals surface area contributed by atoms with Crippen LogP contribution in [0.15, 0.2) is 69.9 Å². The van der Waals surface area contributed by atoms with E-state index in [0.717, 1.165) is 11.6 Å². The van der Waals surface area contributed by atoms with Crippen LogP contribution in [-0.4, -0.2) is 21.4 Å². The van der Waals surface area contributed by atoms with E-state index in [1.165, 1.54) is 28.8 Å². The number of carbonyl (C=O) groups is 2. The van der Waals surface area contributed by atoms with Gasteiger partial charge in [-0.25, -0.2) is 13.6 Å². The molecular weight excluding hydrogens is 604 g/mol. The van der Waals surface area contributed by atoms with Crippen molar-refractivity contribution in [2.24, 2.45) is 11.7 Å². The van der Waals surface area contributed by atoms with E-state index in [9.17, 15) is 23.2 Å². The minimum atomic E-state index is -0.999. The van der Waals surface area contributed by atoms with Crippen LogP contribution in [0.1, 0.15) is 82.5 Å². The van der Waals surface area contributed by atoms with Crippen molar-refractivity contribution in [3.8, 4) is 17.2 Å². The van der Waals surface area contributed by atoms with Gasteiger partial charge in [0.2, 0.25) is 0 Å². The van der Waals surface area contributed by atoms with Gasteiger partial charge in [-0.2, -0.15) is 5.26 Å². The first kappa shape index (κ1) is 31.4. The van der Waals surface area contributed by atoms with E-state index >= 15 is 0 Å². The Kier molecular flexibility index (Phi) is 7.76. The van der Waals surface area contributed by atoms with Crippen molar-refractivity contribution in [3.05, 3.63) is 122 Å². The van der Waals surface area contributed by atoms with Gasteiger partial charge in [0, 0.05) is 17.5 Å². The zero-order valence-corrected chi connectivity index (χ0v) is 26.2. The largest absolute Gasteiger partial charge is 0.420 e. The van der Waals surface area contributed by atoms with Crippen molar-refractivity contribution >= 4 is 22.9 Å². The molecule has 3 heterocycles. The number of amides is 2. The van der Waals surface area contributed by atoms with E-state index in [0.29, 0.717) is 35.3 Å². The second-order valence-corrected chi connectivity index (χ2v) is 12.5. The van der Waals surface area contributed by atoms with Gasteiger partial charge in [0.1, 0.15) is 11.6 Å².